The fraction of sp³-hybridized carbons (Fsp3) is 0.400. The van der Waals surface area contributed by atoms with E-state index < -0.39 is 0 Å². The van der Waals surface area contributed by atoms with Gasteiger partial charge in [-0.05, 0) is 28.8 Å². The van der Waals surface area contributed by atoms with Crippen molar-refractivity contribution in [2.24, 2.45) is 0 Å². The molecule has 1 N–H and O–H groups in total. The van der Waals surface area contributed by atoms with Crippen molar-refractivity contribution in [2.75, 3.05) is 25.1 Å². The van der Waals surface area contributed by atoms with Crippen LogP contribution in [-0.4, -0.2) is 52.1 Å². The number of hydrogen-bond donors (Lipinski definition) is 1. The van der Waals surface area contributed by atoms with Crippen LogP contribution in [0.15, 0.2) is 29.3 Å². The van der Waals surface area contributed by atoms with E-state index in [2.05, 4.69) is 41.2 Å². The molecule has 1 atom stereocenters. The first-order valence-electron chi connectivity index (χ1n) is 7.55. The zero-order valence-corrected chi connectivity index (χ0v) is 14.7. The summed E-state index contributed by atoms with van der Waals surface area (Å²) in [5.74, 6) is 0.864. The molecule has 3 rings (SSSR count). The monoisotopic (exact) mass is 392 g/mol. The van der Waals surface area contributed by atoms with Crippen LogP contribution >= 0.6 is 15.9 Å². The second-order valence-corrected chi connectivity index (χ2v) is 6.23. The Balaban J connectivity index is 1.67. The van der Waals surface area contributed by atoms with E-state index in [1.165, 1.54) is 18.6 Å². The Morgan fingerprint density at radius 2 is 2.25 bits per heavy atom. The first kappa shape index (κ1) is 16.6. The number of carbonyl (C=O) groups is 1. The van der Waals surface area contributed by atoms with E-state index in [9.17, 15) is 4.79 Å². The Morgan fingerprint density at radius 1 is 1.38 bits per heavy atom. The third kappa shape index (κ3) is 3.78. The highest BCUT2D eigenvalue weighted by Crippen LogP contribution is 2.25. The molecule has 1 aliphatic heterocycles. The Morgan fingerprint density at radius 3 is 3.00 bits per heavy atom. The maximum absolute atomic E-state index is 12.2. The smallest absolute Gasteiger partial charge is 0.271 e. The summed E-state index contributed by atoms with van der Waals surface area (Å²) in [4.78, 5) is 30.9. The first-order chi connectivity index (χ1) is 11.7. The SMILES string of the molecule is COc1nc(N2CCCC(NC(=O)c3cnccn3)C2)ncc1Br. The summed E-state index contributed by atoms with van der Waals surface area (Å²) in [7, 11) is 1.57. The largest absolute Gasteiger partial charge is 0.480 e. The van der Waals surface area contributed by atoms with Gasteiger partial charge in [-0.15, -0.1) is 0 Å². The molecule has 24 heavy (non-hydrogen) atoms. The number of nitrogens with zero attached hydrogens (tertiary/aromatic N) is 5. The van der Waals surface area contributed by atoms with Gasteiger partial charge >= 0.3 is 0 Å². The maximum Gasteiger partial charge on any atom is 0.271 e. The van der Waals surface area contributed by atoms with Crippen molar-refractivity contribution in [3.05, 3.63) is 35.0 Å². The van der Waals surface area contributed by atoms with Crippen LogP contribution in [0, 0.1) is 0 Å². The highest BCUT2D eigenvalue weighted by atomic mass is 79.9. The normalized spacial score (nSPS) is 17.4. The van der Waals surface area contributed by atoms with E-state index in [0.717, 1.165) is 19.4 Å². The molecule has 0 radical (unpaired) electrons. The van der Waals surface area contributed by atoms with Crippen LogP contribution in [0.1, 0.15) is 23.3 Å². The summed E-state index contributed by atoms with van der Waals surface area (Å²) in [6.07, 6.45) is 8.01. The lowest BCUT2D eigenvalue weighted by Crippen LogP contribution is -2.48. The van der Waals surface area contributed by atoms with Crippen LogP contribution in [0.3, 0.4) is 0 Å². The summed E-state index contributed by atoms with van der Waals surface area (Å²) >= 11 is 3.35. The van der Waals surface area contributed by atoms with Gasteiger partial charge in [-0.1, -0.05) is 0 Å². The minimum atomic E-state index is -0.218. The average molecular weight is 393 g/mol. The molecule has 1 aliphatic rings. The molecule has 9 heteroatoms. The minimum Gasteiger partial charge on any atom is -0.480 e. The molecular formula is C15H17BrN6O2. The third-order valence-electron chi connectivity index (χ3n) is 3.73. The zero-order valence-electron chi connectivity index (χ0n) is 13.1. The van der Waals surface area contributed by atoms with E-state index in [4.69, 9.17) is 4.74 Å². The summed E-state index contributed by atoms with van der Waals surface area (Å²) in [6, 6.07) is 0.00602. The quantitative estimate of drug-likeness (QED) is 0.840. The molecule has 126 valence electrons. The van der Waals surface area contributed by atoms with Gasteiger partial charge in [0.2, 0.25) is 11.8 Å². The van der Waals surface area contributed by atoms with Crippen LogP contribution < -0.4 is 15.0 Å². The van der Waals surface area contributed by atoms with Gasteiger partial charge in [0.25, 0.3) is 5.91 Å². The molecule has 0 spiro atoms. The standard InChI is InChI=1S/C15H17BrN6O2/c1-24-14-11(16)7-19-15(21-14)22-6-2-3-10(9-22)20-13(23)12-8-17-4-5-18-12/h4-5,7-8,10H,2-3,6,9H2,1H3,(H,20,23). The van der Waals surface area contributed by atoms with Gasteiger partial charge in [-0.3, -0.25) is 9.78 Å². The second kappa shape index (κ2) is 7.52. The Kier molecular flexibility index (Phi) is 5.19. The van der Waals surface area contributed by atoms with E-state index in [-0.39, 0.29) is 11.9 Å². The van der Waals surface area contributed by atoms with Gasteiger partial charge in [0.1, 0.15) is 5.69 Å². The Labute approximate surface area is 147 Å². The van der Waals surface area contributed by atoms with Crippen LogP contribution in [0.4, 0.5) is 5.95 Å². The third-order valence-corrected chi connectivity index (χ3v) is 4.27. The number of halogens is 1. The lowest BCUT2D eigenvalue weighted by atomic mass is 10.1. The predicted molar refractivity (Wildman–Crippen MR) is 91.0 cm³/mol. The first-order valence-corrected chi connectivity index (χ1v) is 8.35. The molecule has 0 bridgehead atoms. The van der Waals surface area contributed by atoms with E-state index in [1.54, 1.807) is 13.3 Å². The molecule has 0 saturated carbocycles. The maximum atomic E-state index is 12.2. The number of aromatic nitrogens is 4. The summed E-state index contributed by atoms with van der Waals surface area (Å²) in [5, 5.41) is 3.00. The van der Waals surface area contributed by atoms with Crippen molar-refractivity contribution in [2.45, 2.75) is 18.9 Å². The lowest BCUT2D eigenvalue weighted by Gasteiger charge is -2.33. The number of hydrogen-bond acceptors (Lipinski definition) is 7. The average Bonchev–Trinajstić information content (AvgIpc) is 2.63. The van der Waals surface area contributed by atoms with Crippen molar-refractivity contribution in [3.63, 3.8) is 0 Å². The number of anilines is 1. The van der Waals surface area contributed by atoms with Gasteiger partial charge in [0.05, 0.1) is 24.0 Å². The van der Waals surface area contributed by atoms with E-state index in [1.807, 2.05) is 4.90 Å². The highest BCUT2D eigenvalue weighted by Gasteiger charge is 2.24. The number of ether oxygens (including phenoxy) is 1. The van der Waals surface area contributed by atoms with Gasteiger partial charge < -0.3 is 15.0 Å². The van der Waals surface area contributed by atoms with Gasteiger partial charge in [0.15, 0.2) is 0 Å². The molecule has 0 aliphatic carbocycles. The van der Waals surface area contributed by atoms with Crippen molar-refractivity contribution in [1.82, 2.24) is 25.3 Å². The topological polar surface area (TPSA) is 93.1 Å². The molecule has 1 unspecified atom stereocenters. The number of piperidine rings is 1. The van der Waals surface area contributed by atoms with Crippen LogP contribution in [0.25, 0.3) is 0 Å². The number of methoxy groups -OCH3 is 1. The predicted octanol–water partition coefficient (Wildman–Crippen LogP) is 1.44. The Hall–Kier alpha value is -2.29. The van der Waals surface area contributed by atoms with Crippen molar-refractivity contribution in [3.8, 4) is 5.88 Å². The van der Waals surface area contributed by atoms with Crippen LogP contribution in [0.2, 0.25) is 0 Å². The Bertz CT molecular complexity index is 714. The molecule has 1 saturated heterocycles. The van der Waals surface area contributed by atoms with Crippen molar-refractivity contribution >= 4 is 27.8 Å². The number of nitrogens with one attached hydrogen (secondary N) is 1. The van der Waals surface area contributed by atoms with Crippen LogP contribution in [-0.2, 0) is 0 Å². The minimum absolute atomic E-state index is 0.00602. The number of rotatable bonds is 4. The lowest BCUT2D eigenvalue weighted by molar-refractivity contribution is 0.0927. The number of carbonyl (C=O) groups excluding carboxylic acids is 1. The fourth-order valence-electron chi connectivity index (χ4n) is 2.59. The molecule has 1 fully saturated rings. The van der Waals surface area contributed by atoms with E-state index >= 15 is 0 Å². The molecule has 2 aromatic heterocycles. The summed E-state index contributed by atoms with van der Waals surface area (Å²) < 4.78 is 5.92. The van der Waals surface area contributed by atoms with E-state index in [0.29, 0.717) is 28.5 Å². The molecule has 1 amide bonds. The highest BCUT2D eigenvalue weighted by molar-refractivity contribution is 9.10. The fourth-order valence-corrected chi connectivity index (χ4v) is 2.94. The number of amides is 1. The second-order valence-electron chi connectivity index (χ2n) is 5.38. The molecule has 3 heterocycles. The van der Waals surface area contributed by atoms with Crippen molar-refractivity contribution in [1.29, 1.82) is 0 Å². The molecular weight excluding hydrogens is 376 g/mol. The van der Waals surface area contributed by atoms with Gasteiger partial charge in [-0.25, -0.2) is 9.97 Å². The zero-order chi connectivity index (χ0) is 16.9. The molecule has 8 nitrogen and oxygen atoms in total. The summed E-state index contributed by atoms with van der Waals surface area (Å²) in [6.45, 7) is 1.47. The summed E-state index contributed by atoms with van der Waals surface area (Å²) in [5.41, 5.74) is 0.316. The molecule has 2 aromatic rings. The van der Waals surface area contributed by atoms with Gasteiger partial charge in [0, 0.05) is 31.5 Å². The van der Waals surface area contributed by atoms with Crippen molar-refractivity contribution < 1.29 is 9.53 Å². The molecule has 0 aromatic carbocycles. The van der Waals surface area contributed by atoms with Gasteiger partial charge in [-0.2, -0.15) is 4.98 Å². The van der Waals surface area contributed by atoms with Crippen LogP contribution in [0.5, 0.6) is 5.88 Å².